The Morgan fingerprint density at radius 2 is 2.24 bits per heavy atom. The van der Waals surface area contributed by atoms with Crippen LogP contribution in [-0.4, -0.2) is 18.1 Å². The monoisotopic (exact) mass is 294 g/mol. The molecule has 114 valence electrons. The van der Waals surface area contributed by atoms with E-state index in [0.717, 1.165) is 0 Å². The Morgan fingerprint density at radius 3 is 2.90 bits per heavy atom. The van der Waals surface area contributed by atoms with Gasteiger partial charge in [-0.3, -0.25) is 4.79 Å². The van der Waals surface area contributed by atoms with Crippen molar-refractivity contribution in [3.63, 3.8) is 0 Å². The van der Waals surface area contributed by atoms with Crippen molar-refractivity contribution in [2.24, 2.45) is 0 Å². The van der Waals surface area contributed by atoms with Crippen molar-refractivity contribution in [2.75, 3.05) is 11.9 Å². The number of benzene rings is 1. The molecule has 5 nitrogen and oxygen atoms in total. The lowest BCUT2D eigenvalue weighted by atomic mass is 10.1. The van der Waals surface area contributed by atoms with E-state index >= 15 is 0 Å². The van der Waals surface area contributed by atoms with Crippen LogP contribution in [0.3, 0.4) is 0 Å². The van der Waals surface area contributed by atoms with Gasteiger partial charge in [-0.2, -0.15) is 0 Å². The maximum absolute atomic E-state index is 14.0. The van der Waals surface area contributed by atoms with Crippen LogP contribution < -0.4 is 15.4 Å². The number of fused-ring (bicyclic) bond motifs is 1. The molecule has 0 radical (unpaired) electrons. The van der Waals surface area contributed by atoms with Crippen molar-refractivity contribution >= 4 is 11.6 Å². The fraction of sp³-hybridized carbons (Fsp3) is 0.400. The van der Waals surface area contributed by atoms with Gasteiger partial charge in [0, 0.05) is 18.2 Å². The lowest BCUT2D eigenvalue weighted by molar-refractivity contribution is -0.118. The Balaban J connectivity index is 2.05. The average molecular weight is 294 g/mol. The van der Waals surface area contributed by atoms with Gasteiger partial charge in [0.15, 0.2) is 12.5 Å². The molecule has 2 rings (SSSR count). The number of hydrogen-bond donors (Lipinski definition) is 2. The van der Waals surface area contributed by atoms with Gasteiger partial charge in [0.05, 0.1) is 5.69 Å². The molecular formula is C15H19FN2O3. The summed E-state index contributed by atoms with van der Waals surface area (Å²) < 4.78 is 24.6. The van der Waals surface area contributed by atoms with Gasteiger partial charge in [-0.05, 0) is 33.4 Å². The molecule has 0 fully saturated rings. The van der Waals surface area contributed by atoms with Gasteiger partial charge in [-0.15, -0.1) is 0 Å². The first-order chi connectivity index (χ1) is 9.74. The molecule has 2 N–H and O–H groups in total. The zero-order valence-corrected chi connectivity index (χ0v) is 12.4. The molecule has 1 aromatic carbocycles. The van der Waals surface area contributed by atoms with Crippen LogP contribution >= 0.6 is 0 Å². The summed E-state index contributed by atoms with van der Waals surface area (Å²) in [5.41, 5.74) is 0.477. The summed E-state index contributed by atoms with van der Waals surface area (Å²) in [6, 6.07) is 2.80. The standard InChI is InChI=1S/C15H19FN2O3/c1-9(21-15(2,3)4)17-7-10-5-12-13(6-11(10)16)20-8-14(19)18-12/h5-6,17H,1,7-8H2,2-4H3,(H,18,19). The first-order valence-electron chi connectivity index (χ1n) is 6.61. The second-order valence-corrected chi connectivity index (χ2v) is 5.77. The molecule has 0 spiro atoms. The van der Waals surface area contributed by atoms with Crippen LogP contribution in [0.5, 0.6) is 5.75 Å². The summed E-state index contributed by atoms with van der Waals surface area (Å²) in [4.78, 5) is 11.3. The second kappa shape index (κ2) is 5.63. The van der Waals surface area contributed by atoms with E-state index in [0.29, 0.717) is 22.9 Å². The van der Waals surface area contributed by atoms with Gasteiger partial charge in [-0.25, -0.2) is 4.39 Å². The van der Waals surface area contributed by atoms with E-state index in [1.54, 1.807) is 6.07 Å². The number of amides is 1. The fourth-order valence-electron chi connectivity index (χ4n) is 1.88. The largest absolute Gasteiger partial charge is 0.481 e. The van der Waals surface area contributed by atoms with Crippen LogP contribution in [0.2, 0.25) is 0 Å². The van der Waals surface area contributed by atoms with Crippen LogP contribution in [0.25, 0.3) is 0 Å². The van der Waals surface area contributed by atoms with Gasteiger partial charge < -0.3 is 20.1 Å². The van der Waals surface area contributed by atoms with E-state index in [1.807, 2.05) is 20.8 Å². The molecule has 0 aromatic heterocycles. The molecule has 21 heavy (non-hydrogen) atoms. The van der Waals surface area contributed by atoms with E-state index < -0.39 is 5.82 Å². The van der Waals surface area contributed by atoms with Crippen LogP contribution in [0.15, 0.2) is 24.6 Å². The molecule has 0 atom stereocenters. The van der Waals surface area contributed by atoms with Gasteiger partial charge in [0.1, 0.15) is 17.2 Å². The van der Waals surface area contributed by atoms with E-state index in [9.17, 15) is 9.18 Å². The molecular weight excluding hydrogens is 275 g/mol. The lowest BCUT2D eigenvalue weighted by Crippen LogP contribution is -2.27. The summed E-state index contributed by atoms with van der Waals surface area (Å²) in [6.07, 6.45) is 0. The maximum Gasteiger partial charge on any atom is 0.262 e. The number of ether oxygens (including phenoxy) is 2. The van der Waals surface area contributed by atoms with E-state index in [1.165, 1.54) is 6.07 Å². The number of nitrogens with one attached hydrogen (secondary N) is 2. The summed E-state index contributed by atoms with van der Waals surface area (Å²) in [6.45, 7) is 9.52. The van der Waals surface area contributed by atoms with Gasteiger partial charge in [0.2, 0.25) is 0 Å². The van der Waals surface area contributed by atoms with Crippen molar-refractivity contribution in [1.29, 1.82) is 0 Å². The van der Waals surface area contributed by atoms with Gasteiger partial charge >= 0.3 is 0 Å². The van der Waals surface area contributed by atoms with E-state index in [-0.39, 0.29) is 24.7 Å². The zero-order valence-electron chi connectivity index (χ0n) is 12.4. The SMILES string of the molecule is C=C(NCc1cc2c(cc1F)OCC(=O)N2)OC(C)(C)C. The first kappa shape index (κ1) is 15.2. The minimum Gasteiger partial charge on any atom is -0.481 e. The number of anilines is 1. The van der Waals surface area contributed by atoms with E-state index in [4.69, 9.17) is 9.47 Å². The topological polar surface area (TPSA) is 59.6 Å². The minimum absolute atomic E-state index is 0.0970. The molecule has 1 heterocycles. The average Bonchev–Trinajstić information content (AvgIpc) is 2.34. The Hall–Kier alpha value is -2.24. The molecule has 6 heteroatoms. The highest BCUT2D eigenvalue weighted by atomic mass is 19.1. The van der Waals surface area contributed by atoms with Crippen molar-refractivity contribution in [3.05, 3.63) is 36.0 Å². The highest BCUT2D eigenvalue weighted by Crippen LogP contribution is 2.30. The summed E-state index contributed by atoms with van der Waals surface area (Å²) >= 11 is 0. The molecule has 0 saturated carbocycles. The predicted molar refractivity (Wildman–Crippen MR) is 77.3 cm³/mol. The number of halogens is 1. The second-order valence-electron chi connectivity index (χ2n) is 5.77. The first-order valence-corrected chi connectivity index (χ1v) is 6.61. The molecule has 0 bridgehead atoms. The van der Waals surface area contributed by atoms with Crippen LogP contribution in [0, 0.1) is 5.82 Å². The molecule has 0 aliphatic carbocycles. The highest BCUT2D eigenvalue weighted by molar-refractivity contribution is 5.95. The molecule has 1 aliphatic heterocycles. The number of hydrogen-bond acceptors (Lipinski definition) is 4. The summed E-state index contributed by atoms with van der Waals surface area (Å²) in [5, 5.41) is 5.55. The maximum atomic E-state index is 14.0. The Labute approximate surface area is 123 Å². The molecule has 0 unspecified atom stereocenters. The third kappa shape index (κ3) is 4.11. The summed E-state index contributed by atoms with van der Waals surface area (Å²) in [5.74, 6) is 0.0231. The van der Waals surface area contributed by atoms with Crippen LogP contribution in [-0.2, 0) is 16.1 Å². The van der Waals surface area contributed by atoms with Crippen LogP contribution in [0.1, 0.15) is 26.3 Å². The number of carbonyl (C=O) groups is 1. The third-order valence-electron chi connectivity index (χ3n) is 2.69. The smallest absolute Gasteiger partial charge is 0.262 e. The Morgan fingerprint density at radius 1 is 1.52 bits per heavy atom. The summed E-state index contributed by atoms with van der Waals surface area (Å²) in [7, 11) is 0. The zero-order chi connectivity index (χ0) is 15.6. The third-order valence-corrected chi connectivity index (χ3v) is 2.69. The van der Waals surface area contributed by atoms with Crippen molar-refractivity contribution in [2.45, 2.75) is 32.9 Å². The lowest BCUT2D eigenvalue weighted by Gasteiger charge is -2.24. The molecule has 1 amide bonds. The highest BCUT2D eigenvalue weighted by Gasteiger charge is 2.19. The predicted octanol–water partition coefficient (Wildman–Crippen LogP) is 2.53. The van der Waals surface area contributed by atoms with Gasteiger partial charge in [-0.1, -0.05) is 0 Å². The Kier molecular flexibility index (Phi) is 4.06. The van der Waals surface area contributed by atoms with Crippen molar-refractivity contribution in [1.82, 2.24) is 5.32 Å². The van der Waals surface area contributed by atoms with Crippen molar-refractivity contribution < 1.29 is 18.7 Å². The number of rotatable bonds is 4. The number of carbonyl (C=O) groups excluding carboxylic acids is 1. The van der Waals surface area contributed by atoms with Gasteiger partial charge in [0.25, 0.3) is 5.91 Å². The van der Waals surface area contributed by atoms with E-state index in [2.05, 4.69) is 17.2 Å². The minimum atomic E-state index is -0.416. The quantitative estimate of drug-likeness (QED) is 0.838. The molecule has 1 aromatic rings. The Bertz CT molecular complexity index is 579. The van der Waals surface area contributed by atoms with Crippen LogP contribution in [0.4, 0.5) is 10.1 Å². The van der Waals surface area contributed by atoms with Crippen molar-refractivity contribution in [3.8, 4) is 5.75 Å². The normalized spacial score (nSPS) is 13.8. The fourth-order valence-corrected chi connectivity index (χ4v) is 1.88. The molecule has 0 saturated heterocycles. The molecule has 1 aliphatic rings.